The highest BCUT2D eigenvalue weighted by Gasteiger charge is 2.26. The molecule has 8 aromatic rings. The lowest BCUT2D eigenvalue weighted by Gasteiger charge is -2.33. The van der Waals surface area contributed by atoms with Gasteiger partial charge in [0.2, 0.25) is 0 Å². The zero-order valence-electron chi connectivity index (χ0n) is 24.9. The van der Waals surface area contributed by atoms with E-state index < -0.39 is 0 Å². The van der Waals surface area contributed by atoms with Crippen LogP contribution in [0.3, 0.4) is 0 Å². The molecule has 0 atom stereocenters. The van der Waals surface area contributed by atoms with Gasteiger partial charge in [-0.3, -0.25) is 0 Å². The molecule has 1 aliphatic rings. The number of hydrogen-bond donors (Lipinski definition) is 0. The van der Waals surface area contributed by atoms with E-state index in [0.717, 1.165) is 78.7 Å². The molecule has 0 saturated heterocycles. The predicted molar refractivity (Wildman–Crippen MR) is 189 cm³/mol. The molecule has 0 spiro atoms. The maximum atomic E-state index is 6.47. The van der Waals surface area contributed by atoms with Crippen LogP contribution in [0.4, 0.5) is 34.1 Å². The van der Waals surface area contributed by atoms with Crippen LogP contribution in [0.5, 0.6) is 11.5 Å². The summed E-state index contributed by atoms with van der Waals surface area (Å²) in [5.41, 5.74) is 10.2. The van der Waals surface area contributed by atoms with Gasteiger partial charge >= 0.3 is 0 Å². The first kappa shape index (κ1) is 26.2. The highest BCUT2D eigenvalue weighted by atomic mass is 16.5. The maximum Gasteiger partial charge on any atom is 0.159 e. The lowest BCUT2D eigenvalue weighted by molar-refractivity contribution is 0.477. The van der Waals surface area contributed by atoms with Crippen molar-refractivity contribution in [1.29, 1.82) is 0 Å². The summed E-state index contributed by atoms with van der Waals surface area (Å²) in [6, 6.07) is 58.8. The molecule has 0 amide bonds. The number of nitrogens with zero attached hydrogens (tertiary/aromatic N) is 2. The van der Waals surface area contributed by atoms with Crippen LogP contribution in [0.25, 0.3) is 33.1 Å². The lowest BCUT2D eigenvalue weighted by atomic mass is 10.0. The number of para-hydroxylation sites is 6. The van der Waals surface area contributed by atoms with Crippen molar-refractivity contribution in [3.05, 3.63) is 170 Å². The van der Waals surface area contributed by atoms with Crippen LogP contribution < -0.4 is 14.5 Å². The number of benzene rings is 7. The number of anilines is 6. The minimum absolute atomic E-state index is 0.826. The molecule has 46 heavy (non-hydrogen) atoms. The molecular formula is C42H28N2O2. The van der Waals surface area contributed by atoms with E-state index in [1.165, 1.54) is 0 Å². The first-order chi connectivity index (χ1) is 22.8. The van der Waals surface area contributed by atoms with Gasteiger partial charge in [-0.25, -0.2) is 0 Å². The summed E-state index contributed by atoms with van der Waals surface area (Å²) < 4.78 is 12.9. The Bertz CT molecular complexity index is 2340. The highest BCUT2D eigenvalue weighted by Crippen LogP contribution is 2.51. The molecule has 0 fully saturated rings. The molecule has 0 bridgehead atoms. The largest absolute Gasteiger partial charge is 0.454 e. The highest BCUT2D eigenvalue weighted by molar-refractivity contribution is 6.10. The monoisotopic (exact) mass is 592 g/mol. The van der Waals surface area contributed by atoms with Crippen molar-refractivity contribution >= 4 is 56.1 Å². The molecule has 1 aliphatic heterocycles. The maximum absolute atomic E-state index is 6.47. The molecule has 4 nitrogen and oxygen atoms in total. The van der Waals surface area contributed by atoms with Gasteiger partial charge in [-0.05, 0) is 83.9 Å². The second kappa shape index (κ2) is 10.7. The summed E-state index contributed by atoms with van der Waals surface area (Å²) in [5.74, 6) is 1.66. The van der Waals surface area contributed by atoms with E-state index >= 15 is 0 Å². The van der Waals surface area contributed by atoms with Crippen LogP contribution in [0.1, 0.15) is 0 Å². The topological polar surface area (TPSA) is 28.9 Å². The van der Waals surface area contributed by atoms with Gasteiger partial charge < -0.3 is 19.0 Å². The van der Waals surface area contributed by atoms with Crippen LogP contribution in [0.15, 0.2) is 174 Å². The minimum Gasteiger partial charge on any atom is -0.454 e. The standard InChI is InChI=1S/C42H28N2O2/c1-3-12-31(13-4-1)43(38-19-11-17-35-34-16-7-9-20-39(34)46-42(35)38)33-25-22-29(23-26-33)30-24-27-37-41(28-30)45-40-21-10-8-18-36(40)44(37)32-14-5-2-6-15-32/h1-28H. The number of furan rings is 1. The zero-order valence-corrected chi connectivity index (χ0v) is 24.9. The Morgan fingerprint density at radius 2 is 1.11 bits per heavy atom. The number of hydrogen-bond acceptors (Lipinski definition) is 4. The third-order valence-electron chi connectivity index (χ3n) is 8.64. The third kappa shape index (κ3) is 4.31. The van der Waals surface area contributed by atoms with Crippen molar-refractivity contribution in [2.45, 2.75) is 0 Å². The molecule has 218 valence electrons. The molecule has 0 saturated carbocycles. The molecule has 9 rings (SSSR count). The van der Waals surface area contributed by atoms with E-state index in [-0.39, 0.29) is 0 Å². The van der Waals surface area contributed by atoms with Crippen molar-refractivity contribution in [3.63, 3.8) is 0 Å². The second-order valence-corrected chi connectivity index (χ2v) is 11.4. The van der Waals surface area contributed by atoms with Crippen molar-refractivity contribution < 1.29 is 9.15 Å². The van der Waals surface area contributed by atoms with Crippen LogP contribution in [0.2, 0.25) is 0 Å². The van der Waals surface area contributed by atoms with E-state index in [4.69, 9.17) is 9.15 Å². The van der Waals surface area contributed by atoms with Gasteiger partial charge in [0.15, 0.2) is 17.1 Å². The summed E-state index contributed by atoms with van der Waals surface area (Å²) in [7, 11) is 0. The molecule has 0 N–H and O–H groups in total. The number of ether oxygens (including phenoxy) is 1. The summed E-state index contributed by atoms with van der Waals surface area (Å²) in [6.07, 6.45) is 0. The first-order valence-corrected chi connectivity index (χ1v) is 15.4. The van der Waals surface area contributed by atoms with Gasteiger partial charge in [-0.2, -0.15) is 0 Å². The van der Waals surface area contributed by atoms with E-state index in [0.29, 0.717) is 0 Å². The molecule has 4 heteroatoms. The third-order valence-corrected chi connectivity index (χ3v) is 8.64. The number of rotatable bonds is 5. The molecule has 0 unspecified atom stereocenters. The molecule has 7 aromatic carbocycles. The van der Waals surface area contributed by atoms with Crippen LogP contribution in [0, 0.1) is 0 Å². The fraction of sp³-hybridized carbons (Fsp3) is 0. The van der Waals surface area contributed by atoms with Crippen molar-refractivity contribution in [1.82, 2.24) is 0 Å². The smallest absolute Gasteiger partial charge is 0.159 e. The average molecular weight is 593 g/mol. The summed E-state index contributed by atoms with van der Waals surface area (Å²) in [4.78, 5) is 4.52. The normalized spacial score (nSPS) is 12.0. The lowest BCUT2D eigenvalue weighted by Crippen LogP contribution is -2.15. The van der Waals surface area contributed by atoms with Gasteiger partial charge in [0.25, 0.3) is 0 Å². The van der Waals surface area contributed by atoms with E-state index in [1.807, 2.05) is 42.5 Å². The van der Waals surface area contributed by atoms with E-state index in [9.17, 15) is 0 Å². The Morgan fingerprint density at radius 1 is 0.457 bits per heavy atom. The van der Waals surface area contributed by atoms with Crippen LogP contribution in [-0.4, -0.2) is 0 Å². The molecule has 2 heterocycles. The Balaban J connectivity index is 1.12. The van der Waals surface area contributed by atoms with E-state index in [1.54, 1.807) is 0 Å². The quantitative estimate of drug-likeness (QED) is 0.199. The van der Waals surface area contributed by atoms with Gasteiger partial charge in [0.05, 0.1) is 17.1 Å². The van der Waals surface area contributed by atoms with Gasteiger partial charge in [-0.1, -0.05) is 97.1 Å². The van der Waals surface area contributed by atoms with Crippen LogP contribution in [-0.2, 0) is 0 Å². The Kier molecular flexibility index (Phi) is 6.10. The SMILES string of the molecule is c1ccc(N2c3ccccc3Oc3cc(-c4ccc(N(c5ccccc5)c5cccc6c5oc5ccccc56)cc4)ccc32)cc1. The van der Waals surface area contributed by atoms with Crippen molar-refractivity contribution in [3.8, 4) is 22.6 Å². The second-order valence-electron chi connectivity index (χ2n) is 11.4. The Morgan fingerprint density at radius 3 is 1.96 bits per heavy atom. The first-order valence-electron chi connectivity index (χ1n) is 15.4. The fourth-order valence-corrected chi connectivity index (χ4v) is 6.51. The Hall–Kier alpha value is -6.26. The summed E-state index contributed by atoms with van der Waals surface area (Å²) in [5, 5.41) is 2.22. The van der Waals surface area contributed by atoms with Crippen molar-refractivity contribution in [2.24, 2.45) is 0 Å². The van der Waals surface area contributed by atoms with Gasteiger partial charge in [0, 0.05) is 27.8 Å². The summed E-state index contributed by atoms with van der Waals surface area (Å²) >= 11 is 0. The molecule has 0 aliphatic carbocycles. The molecular weight excluding hydrogens is 564 g/mol. The number of fused-ring (bicyclic) bond motifs is 5. The fourth-order valence-electron chi connectivity index (χ4n) is 6.51. The minimum atomic E-state index is 0.826. The molecule has 1 aromatic heterocycles. The molecule has 0 radical (unpaired) electrons. The van der Waals surface area contributed by atoms with Gasteiger partial charge in [0.1, 0.15) is 5.58 Å². The van der Waals surface area contributed by atoms with Gasteiger partial charge in [-0.15, -0.1) is 0 Å². The van der Waals surface area contributed by atoms with E-state index in [2.05, 4.69) is 137 Å². The summed E-state index contributed by atoms with van der Waals surface area (Å²) in [6.45, 7) is 0. The zero-order chi connectivity index (χ0) is 30.5. The predicted octanol–water partition coefficient (Wildman–Crippen LogP) is 12.3. The average Bonchev–Trinajstić information content (AvgIpc) is 3.51. The Labute approximate surface area is 267 Å². The van der Waals surface area contributed by atoms with Crippen molar-refractivity contribution in [2.75, 3.05) is 9.80 Å². The van der Waals surface area contributed by atoms with Crippen LogP contribution >= 0.6 is 0 Å².